The maximum atomic E-state index is 11.5. The molecule has 0 amide bonds. The number of nitrogens with zero attached hydrogens (tertiary/aromatic N) is 1. The Morgan fingerprint density at radius 2 is 2.16 bits per heavy atom. The van der Waals surface area contributed by atoms with E-state index in [9.17, 15) is 9.90 Å². The summed E-state index contributed by atoms with van der Waals surface area (Å²) in [7, 11) is 0. The number of aliphatic hydroxyl groups is 1. The number of esters is 1. The van der Waals surface area contributed by atoms with Gasteiger partial charge in [-0.05, 0) is 43.9 Å². The van der Waals surface area contributed by atoms with Crippen LogP contribution in [0.25, 0.3) is 0 Å². The van der Waals surface area contributed by atoms with Crippen molar-refractivity contribution < 1.29 is 19.8 Å². The quantitative estimate of drug-likeness (QED) is 0.348. The molecule has 1 fully saturated rings. The fraction of sp³-hybridized carbons (Fsp3) is 0.857. The summed E-state index contributed by atoms with van der Waals surface area (Å²) in [4.78, 5) is 11.5. The van der Waals surface area contributed by atoms with Gasteiger partial charge in [-0.2, -0.15) is 0 Å². The first-order valence-electron chi connectivity index (χ1n) is 6.96. The molecule has 2 N–H and O–H groups in total. The minimum absolute atomic E-state index is 0.0144. The Morgan fingerprint density at radius 1 is 1.47 bits per heavy atom. The number of carbonyl (C=O) groups excluding carboxylic acids is 1. The molecule has 1 saturated carbocycles. The fourth-order valence-corrected chi connectivity index (χ4v) is 3.16. The van der Waals surface area contributed by atoms with Crippen LogP contribution < -0.4 is 0 Å². The summed E-state index contributed by atoms with van der Waals surface area (Å²) in [5, 5.41) is 21.8. The van der Waals surface area contributed by atoms with Crippen LogP contribution in [0.2, 0.25) is 0 Å². The lowest BCUT2D eigenvalue weighted by molar-refractivity contribution is -0.135. The highest BCUT2D eigenvalue weighted by Crippen LogP contribution is 2.42. The van der Waals surface area contributed by atoms with Crippen molar-refractivity contribution in [3.63, 3.8) is 0 Å². The molecular formula is C14H25NO4. The summed E-state index contributed by atoms with van der Waals surface area (Å²) in [5.41, 5.74) is 0.0512. The number of aliphatic hydroxyl groups excluding tert-OH is 1. The van der Waals surface area contributed by atoms with Gasteiger partial charge in [0, 0.05) is 6.42 Å². The molecule has 3 atom stereocenters. The van der Waals surface area contributed by atoms with Crippen LogP contribution in [0.15, 0.2) is 5.16 Å². The number of hydrogen-bond acceptors (Lipinski definition) is 5. The molecule has 1 aliphatic carbocycles. The van der Waals surface area contributed by atoms with E-state index in [-0.39, 0.29) is 23.8 Å². The van der Waals surface area contributed by atoms with Gasteiger partial charge in [0.1, 0.15) is 0 Å². The third-order valence-electron chi connectivity index (χ3n) is 3.84. The van der Waals surface area contributed by atoms with Crippen LogP contribution in [-0.4, -0.2) is 34.7 Å². The van der Waals surface area contributed by atoms with Crippen molar-refractivity contribution in [2.45, 2.75) is 59.0 Å². The van der Waals surface area contributed by atoms with E-state index in [2.05, 4.69) is 19.0 Å². The number of ether oxygens (including phenoxy) is 1. The molecule has 1 rings (SSSR count). The van der Waals surface area contributed by atoms with Gasteiger partial charge in [0.05, 0.1) is 12.7 Å². The molecule has 0 heterocycles. The van der Waals surface area contributed by atoms with Crippen LogP contribution in [0.5, 0.6) is 0 Å². The molecule has 0 aliphatic heterocycles. The van der Waals surface area contributed by atoms with Crippen molar-refractivity contribution >= 4 is 11.7 Å². The highest BCUT2D eigenvalue weighted by molar-refractivity contribution is 6.36. The van der Waals surface area contributed by atoms with Crippen LogP contribution in [0.3, 0.4) is 0 Å². The lowest BCUT2D eigenvalue weighted by atomic mass is 9.68. The number of hydrogen-bond donors (Lipinski definition) is 2. The Bertz CT molecular complexity index is 330. The van der Waals surface area contributed by atoms with Crippen LogP contribution in [0.4, 0.5) is 0 Å². The van der Waals surface area contributed by atoms with Gasteiger partial charge in [-0.3, -0.25) is 0 Å². The first kappa shape index (κ1) is 16.0. The highest BCUT2D eigenvalue weighted by Gasteiger charge is 2.35. The normalized spacial score (nSPS) is 32.1. The molecule has 5 nitrogen and oxygen atoms in total. The van der Waals surface area contributed by atoms with E-state index in [0.29, 0.717) is 18.8 Å². The van der Waals surface area contributed by atoms with Crippen molar-refractivity contribution in [3.8, 4) is 0 Å². The zero-order valence-electron chi connectivity index (χ0n) is 12.1. The van der Waals surface area contributed by atoms with Gasteiger partial charge < -0.3 is 15.1 Å². The van der Waals surface area contributed by atoms with Crippen LogP contribution in [-0.2, 0) is 9.53 Å². The molecule has 110 valence electrons. The van der Waals surface area contributed by atoms with Crippen LogP contribution >= 0.6 is 0 Å². The second-order valence-electron chi connectivity index (χ2n) is 5.98. The molecule has 0 bridgehead atoms. The molecule has 0 aromatic rings. The topological polar surface area (TPSA) is 79.1 Å². The second-order valence-corrected chi connectivity index (χ2v) is 5.98. The van der Waals surface area contributed by atoms with Crippen molar-refractivity contribution in [1.82, 2.24) is 0 Å². The van der Waals surface area contributed by atoms with Crippen molar-refractivity contribution in [3.05, 3.63) is 0 Å². The summed E-state index contributed by atoms with van der Waals surface area (Å²) < 4.78 is 4.83. The lowest BCUT2D eigenvalue weighted by Crippen LogP contribution is -2.34. The molecule has 1 aliphatic rings. The van der Waals surface area contributed by atoms with Gasteiger partial charge in [-0.15, -0.1) is 0 Å². The molecule has 19 heavy (non-hydrogen) atoms. The molecule has 0 aromatic heterocycles. The molecule has 0 radical (unpaired) electrons. The summed E-state index contributed by atoms with van der Waals surface area (Å²) >= 11 is 0. The minimum atomic E-state index is -0.557. The van der Waals surface area contributed by atoms with Gasteiger partial charge in [-0.1, -0.05) is 19.0 Å². The van der Waals surface area contributed by atoms with E-state index in [1.807, 2.05) is 0 Å². The zero-order chi connectivity index (χ0) is 14.5. The number of rotatable bonds is 5. The van der Waals surface area contributed by atoms with E-state index in [0.717, 1.165) is 19.3 Å². The first-order chi connectivity index (χ1) is 8.90. The van der Waals surface area contributed by atoms with Gasteiger partial charge in [-0.25, -0.2) is 4.79 Å². The number of oxime groups is 1. The van der Waals surface area contributed by atoms with Crippen molar-refractivity contribution in [2.24, 2.45) is 16.5 Å². The summed E-state index contributed by atoms with van der Waals surface area (Å²) in [5.74, 6) is -0.0798. The maximum absolute atomic E-state index is 11.5. The Hall–Kier alpha value is -1.10. The van der Waals surface area contributed by atoms with E-state index >= 15 is 0 Å². The molecule has 0 spiro atoms. The van der Waals surface area contributed by atoms with E-state index in [1.54, 1.807) is 6.92 Å². The molecule has 0 unspecified atom stereocenters. The van der Waals surface area contributed by atoms with E-state index in [1.165, 1.54) is 0 Å². The predicted octanol–water partition coefficient (Wildman–Crippen LogP) is 2.35. The average Bonchev–Trinajstić information content (AvgIpc) is 2.28. The predicted molar refractivity (Wildman–Crippen MR) is 72.2 cm³/mol. The summed E-state index contributed by atoms with van der Waals surface area (Å²) in [6.07, 6.45) is 3.42. The lowest BCUT2D eigenvalue weighted by Gasteiger charge is -2.39. The van der Waals surface area contributed by atoms with Gasteiger partial charge in [0.25, 0.3) is 0 Å². The van der Waals surface area contributed by atoms with E-state index < -0.39 is 5.97 Å². The first-order valence-corrected chi connectivity index (χ1v) is 6.96. The average molecular weight is 271 g/mol. The maximum Gasteiger partial charge on any atom is 0.356 e. The molecule has 5 heteroatoms. The minimum Gasteiger partial charge on any atom is -0.461 e. The van der Waals surface area contributed by atoms with Crippen molar-refractivity contribution in [1.29, 1.82) is 0 Å². The van der Waals surface area contributed by atoms with Gasteiger partial charge in [0.15, 0.2) is 5.71 Å². The van der Waals surface area contributed by atoms with Crippen LogP contribution in [0, 0.1) is 11.3 Å². The fourth-order valence-electron chi connectivity index (χ4n) is 3.16. The summed E-state index contributed by atoms with van der Waals surface area (Å²) in [6.45, 7) is 6.23. The standard InChI is InChI=1S/C14H25NO4/c1-4-19-13(17)12(15-18)5-6-14(3)8-10(2)7-11(16)9-14/h10-11,16,18H,4-9H2,1-3H3/b15-12+/t10-,11-,14+/m0/s1. The Balaban J connectivity index is 2.56. The molecular weight excluding hydrogens is 246 g/mol. The number of carbonyl (C=O) groups is 1. The monoisotopic (exact) mass is 271 g/mol. The SMILES string of the molecule is CCOC(=O)/C(CC[C@]1(C)C[C@@H](C)C[C@H](O)C1)=N/O. The Morgan fingerprint density at radius 3 is 2.68 bits per heavy atom. The Labute approximate surface area is 114 Å². The Kier molecular flexibility index (Phi) is 5.79. The third kappa shape index (κ3) is 4.82. The third-order valence-corrected chi connectivity index (χ3v) is 3.84. The van der Waals surface area contributed by atoms with Gasteiger partial charge in [0.2, 0.25) is 0 Å². The zero-order valence-corrected chi connectivity index (χ0v) is 12.1. The van der Waals surface area contributed by atoms with Gasteiger partial charge >= 0.3 is 5.97 Å². The van der Waals surface area contributed by atoms with E-state index in [4.69, 9.17) is 9.94 Å². The largest absolute Gasteiger partial charge is 0.461 e. The molecule has 0 saturated heterocycles. The smallest absolute Gasteiger partial charge is 0.356 e. The van der Waals surface area contributed by atoms with Crippen LogP contribution in [0.1, 0.15) is 52.9 Å². The van der Waals surface area contributed by atoms with Crippen molar-refractivity contribution in [2.75, 3.05) is 6.61 Å². The highest BCUT2D eigenvalue weighted by atomic mass is 16.5. The molecule has 0 aromatic carbocycles. The second kappa shape index (κ2) is 6.89. The summed E-state index contributed by atoms with van der Waals surface area (Å²) in [6, 6.07) is 0.